The Morgan fingerprint density at radius 1 is 1.06 bits per heavy atom. The van der Waals surface area contributed by atoms with Crippen LogP contribution >= 0.6 is 23.2 Å². The summed E-state index contributed by atoms with van der Waals surface area (Å²) in [5.41, 5.74) is 3.15. The number of carbonyl (C=O) groups is 1. The number of carbonyl (C=O) groups excluding carboxylic acids is 1. The SMILES string of the molecule is CC(=O)NNc1c(F)c(F)c(Cl)c(F)c1Cl. The molecule has 0 aliphatic carbocycles. The molecule has 0 spiro atoms. The van der Waals surface area contributed by atoms with Gasteiger partial charge >= 0.3 is 0 Å². The van der Waals surface area contributed by atoms with E-state index in [1.807, 2.05) is 10.9 Å². The first kappa shape index (κ1) is 12.9. The molecule has 0 aromatic heterocycles. The van der Waals surface area contributed by atoms with Crippen LogP contribution in [0.4, 0.5) is 18.9 Å². The lowest BCUT2D eigenvalue weighted by Gasteiger charge is -2.11. The molecule has 1 aromatic rings. The summed E-state index contributed by atoms with van der Waals surface area (Å²) in [5.74, 6) is -4.97. The van der Waals surface area contributed by atoms with Crippen LogP contribution in [0, 0.1) is 17.5 Å². The third-order valence-corrected chi connectivity index (χ3v) is 2.26. The Hall–Kier alpha value is -1.14. The van der Waals surface area contributed by atoms with Gasteiger partial charge in [-0.2, -0.15) is 0 Å². The smallest absolute Gasteiger partial charge is 0.235 e. The highest BCUT2D eigenvalue weighted by atomic mass is 35.5. The van der Waals surface area contributed by atoms with E-state index in [1.165, 1.54) is 0 Å². The van der Waals surface area contributed by atoms with Gasteiger partial charge in [-0.15, -0.1) is 0 Å². The molecule has 0 atom stereocenters. The summed E-state index contributed by atoms with van der Waals surface area (Å²) < 4.78 is 39.4. The minimum absolute atomic E-state index is 0.591. The number of hydrogen-bond donors (Lipinski definition) is 2. The summed E-state index contributed by atoms with van der Waals surface area (Å²) >= 11 is 10.5. The highest BCUT2D eigenvalue weighted by Crippen LogP contribution is 2.35. The fraction of sp³-hybridized carbons (Fsp3) is 0.125. The van der Waals surface area contributed by atoms with Crippen molar-refractivity contribution in [3.8, 4) is 0 Å². The van der Waals surface area contributed by atoms with Crippen LogP contribution in [0.5, 0.6) is 0 Å². The number of halogens is 5. The normalized spacial score (nSPS) is 10.1. The van der Waals surface area contributed by atoms with E-state index in [0.717, 1.165) is 6.92 Å². The number of hydrazine groups is 1. The predicted molar refractivity (Wildman–Crippen MR) is 53.8 cm³/mol. The molecule has 1 aromatic carbocycles. The van der Waals surface area contributed by atoms with Crippen LogP contribution in [0.1, 0.15) is 6.92 Å². The average molecular weight is 273 g/mol. The molecule has 0 saturated heterocycles. The molecular weight excluding hydrogens is 268 g/mol. The van der Waals surface area contributed by atoms with E-state index in [0.29, 0.717) is 0 Å². The predicted octanol–water partition coefficient (Wildman–Crippen LogP) is 2.87. The molecule has 0 aliphatic heterocycles. The molecule has 88 valence electrons. The zero-order valence-corrected chi connectivity index (χ0v) is 9.31. The topological polar surface area (TPSA) is 41.1 Å². The van der Waals surface area contributed by atoms with Crippen LogP contribution in [-0.4, -0.2) is 5.91 Å². The number of anilines is 1. The maximum absolute atomic E-state index is 13.2. The highest BCUT2D eigenvalue weighted by molar-refractivity contribution is 6.36. The van der Waals surface area contributed by atoms with E-state index in [9.17, 15) is 18.0 Å². The van der Waals surface area contributed by atoms with Crippen LogP contribution < -0.4 is 10.9 Å². The van der Waals surface area contributed by atoms with Crippen LogP contribution in [0.15, 0.2) is 0 Å². The lowest BCUT2D eigenvalue weighted by atomic mass is 10.3. The second-order valence-corrected chi connectivity index (χ2v) is 3.51. The lowest BCUT2D eigenvalue weighted by Crippen LogP contribution is -2.27. The van der Waals surface area contributed by atoms with Crippen LogP contribution in [-0.2, 0) is 4.79 Å². The van der Waals surface area contributed by atoms with Crippen molar-refractivity contribution in [2.24, 2.45) is 0 Å². The number of nitrogens with one attached hydrogen (secondary N) is 2. The highest BCUT2D eigenvalue weighted by Gasteiger charge is 2.23. The van der Waals surface area contributed by atoms with Crippen LogP contribution in [0.2, 0.25) is 10.0 Å². The molecule has 0 bridgehead atoms. The molecule has 8 heteroatoms. The molecule has 2 N–H and O–H groups in total. The van der Waals surface area contributed by atoms with Crippen molar-refractivity contribution in [2.45, 2.75) is 6.92 Å². The van der Waals surface area contributed by atoms with Crippen molar-refractivity contribution in [1.29, 1.82) is 0 Å². The zero-order valence-electron chi connectivity index (χ0n) is 7.80. The molecule has 3 nitrogen and oxygen atoms in total. The maximum atomic E-state index is 13.2. The molecule has 16 heavy (non-hydrogen) atoms. The summed E-state index contributed by atoms with van der Waals surface area (Å²) in [6.45, 7) is 1.11. The monoisotopic (exact) mass is 272 g/mol. The van der Waals surface area contributed by atoms with Crippen LogP contribution in [0.25, 0.3) is 0 Å². The van der Waals surface area contributed by atoms with Crippen molar-refractivity contribution in [1.82, 2.24) is 5.43 Å². The van der Waals surface area contributed by atoms with Gasteiger partial charge in [-0.05, 0) is 0 Å². The summed E-state index contributed by atoms with van der Waals surface area (Å²) in [5, 5.41) is -1.80. The van der Waals surface area contributed by atoms with Gasteiger partial charge in [-0.25, -0.2) is 13.2 Å². The van der Waals surface area contributed by atoms with Gasteiger partial charge in [0.2, 0.25) is 5.91 Å². The van der Waals surface area contributed by atoms with Crippen molar-refractivity contribution < 1.29 is 18.0 Å². The Morgan fingerprint density at radius 2 is 1.62 bits per heavy atom. The van der Waals surface area contributed by atoms with Gasteiger partial charge in [-0.1, -0.05) is 23.2 Å². The molecular formula is C8H5Cl2F3N2O. The molecule has 1 rings (SSSR count). The van der Waals surface area contributed by atoms with E-state index in [2.05, 4.69) is 0 Å². The van der Waals surface area contributed by atoms with Gasteiger partial charge in [-0.3, -0.25) is 15.6 Å². The molecule has 0 heterocycles. The summed E-state index contributed by atoms with van der Waals surface area (Å²) in [7, 11) is 0. The first-order chi connectivity index (χ1) is 7.36. The van der Waals surface area contributed by atoms with E-state index < -0.39 is 39.1 Å². The number of rotatable bonds is 2. The Balaban J connectivity index is 3.23. The minimum atomic E-state index is -1.59. The quantitative estimate of drug-likeness (QED) is 0.494. The van der Waals surface area contributed by atoms with Crippen molar-refractivity contribution in [3.05, 3.63) is 27.5 Å². The van der Waals surface area contributed by atoms with Crippen molar-refractivity contribution in [2.75, 3.05) is 5.43 Å². The largest absolute Gasteiger partial charge is 0.294 e. The lowest BCUT2D eigenvalue weighted by molar-refractivity contribution is -0.118. The second kappa shape index (κ2) is 4.80. The van der Waals surface area contributed by atoms with E-state index in [-0.39, 0.29) is 0 Å². The van der Waals surface area contributed by atoms with Gasteiger partial charge in [0.25, 0.3) is 0 Å². The van der Waals surface area contributed by atoms with Gasteiger partial charge in [0.15, 0.2) is 17.5 Å². The van der Waals surface area contributed by atoms with E-state index in [4.69, 9.17) is 23.2 Å². The second-order valence-electron chi connectivity index (χ2n) is 2.75. The Bertz CT molecular complexity index is 424. The summed E-state index contributed by atoms with van der Waals surface area (Å²) in [6, 6.07) is 0. The molecule has 0 radical (unpaired) electrons. The third kappa shape index (κ3) is 2.33. The first-order valence-electron chi connectivity index (χ1n) is 3.90. The molecule has 0 unspecified atom stereocenters. The third-order valence-electron chi connectivity index (χ3n) is 1.57. The van der Waals surface area contributed by atoms with Crippen LogP contribution in [0.3, 0.4) is 0 Å². The molecule has 1 amide bonds. The Labute approximate surface area is 98.5 Å². The van der Waals surface area contributed by atoms with Crippen molar-refractivity contribution in [3.63, 3.8) is 0 Å². The Kier molecular flexibility index (Phi) is 3.88. The van der Waals surface area contributed by atoms with Gasteiger partial charge < -0.3 is 0 Å². The van der Waals surface area contributed by atoms with Crippen molar-refractivity contribution >= 4 is 34.8 Å². The average Bonchev–Trinajstić information content (AvgIpc) is 2.23. The molecule has 0 aliphatic rings. The van der Waals surface area contributed by atoms with E-state index >= 15 is 0 Å². The molecule has 0 saturated carbocycles. The molecule has 0 fully saturated rings. The van der Waals surface area contributed by atoms with Gasteiger partial charge in [0.05, 0.1) is 0 Å². The fourth-order valence-corrected chi connectivity index (χ4v) is 1.32. The van der Waals surface area contributed by atoms with E-state index in [1.54, 1.807) is 0 Å². The van der Waals surface area contributed by atoms with Gasteiger partial charge in [0.1, 0.15) is 15.7 Å². The number of amides is 1. The summed E-state index contributed by atoms with van der Waals surface area (Å²) in [4.78, 5) is 10.5. The zero-order chi connectivity index (χ0) is 12.5. The fourth-order valence-electron chi connectivity index (χ4n) is 0.865. The maximum Gasteiger partial charge on any atom is 0.235 e. The Morgan fingerprint density at radius 3 is 2.12 bits per heavy atom. The van der Waals surface area contributed by atoms with Gasteiger partial charge in [0, 0.05) is 6.92 Å². The summed E-state index contributed by atoms with van der Waals surface area (Å²) in [6.07, 6.45) is 0. The number of benzene rings is 1. The minimum Gasteiger partial charge on any atom is -0.294 e. The number of hydrogen-bond acceptors (Lipinski definition) is 2. The first-order valence-corrected chi connectivity index (χ1v) is 4.65. The standard InChI is InChI=1S/C8H5Cl2F3N2O/c1-2(16)14-15-8-4(10)5(11)3(9)6(12)7(8)13/h15H,1H3,(H,14,16).